The van der Waals surface area contributed by atoms with Crippen LogP contribution >= 0.6 is 0 Å². The van der Waals surface area contributed by atoms with Crippen molar-refractivity contribution in [1.29, 1.82) is 0 Å². The molecule has 0 amide bonds. The molecule has 0 saturated carbocycles. The fourth-order valence-corrected chi connectivity index (χ4v) is 3.29. The molecule has 0 spiro atoms. The number of pyridine rings is 2. The van der Waals surface area contributed by atoms with E-state index in [4.69, 9.17) is 5.11 Å². The van der Waals surface area contributed by atoms with Crippen molar-refractivity contribution in [3.63, 3.8) is 0 Å². The summed E-state index contributed by atoms with van der Waals surface area (Å²) in [6.07, 6.45) is 12.2. The van der Waals surface area contributed by atoms with Crippen LogP contribution in [0.5, 0.6) is 0 Å². The maximum Gasteiger partial charge on any atom is 1.00 e. The van der Waals surface area contributed by atoms with Gasteiger partial charge in [-0.15, -0.1) is 0 Å². The Balaban J connectivity index is 0. The Kier molecular flexibility index (Phi) is 14.3. The molecule has 2 N–H and O–H groups in total. The Labute approximate surface area is 194 Å². The zero-order chi connectivity index (χ0) is 18.8. The molecule has 3 atom stereocenters. The van der Waals surface area contributed by atoms with Gasteiger partial charge in [0.15, 0.2) is 0 Å². The molecular weight excluding hydrogens is 358 g/mol. The van der Waals surface area contributed by atoms with Gasteiger partial charge in [-0.2, -0.15) is 0 Å². The van der Waals surface area contributed by atoms with E-state index in [-0.39, 0.29) is 39.4 Å². The predicted octanol–water partition coefficient (Wildman–Crippen LogP) is 0.292. The van der Waals surface area contributed by atoms with Crippen molar-refractivity contribution < 1.29 is 36.1 Å². The maximum atomic E-state index is 7.00. The molecule has 3 radical (unpaired) electrons. The van der Waals surface area contributed by atoms with Crippen molar-refractivity contribution >= 4 is 14.1 Å². The second kappa shape index (κ2) is 14.9. The van der Waals surface area contributed by atoms with E-state index in [0.29, 0.717) is 18.1 Å². The minimum atomic E-state index is 0. The van der Waals surface area contributed by atoms with Crippen LogP contribution < -0.4 is 34.9 Å². The second-order valence-corrected chi connectivity index (χ2v) is 6.68. The Morgan fingerprint density at radius 2 is 1.50 bits per heavy atom. The van der Waals surface area contributed by atoms with E-state index in [1.807, 2.05) is 36.9 Å². The summed E-state index contributed by atoms with van der Waals surface area (Å²) in [6, 6.07) is 9.97. The molecule has 1 fully saturated rings. The second-order valence-electron chi connectivity index (χ2n) is 6.68. The first kappa shape index (κ1) is 27.0. The summed E-state index contributed by atoms with van der Waals surface area (Å²) >= 11 is 0. The van der Waals surface area contributed by atoms with E-state index >= 15 is 0 Å². The number of hydrogen-bond acceptors (Lipinski definition) is 5. The Bertz CT molecular complexity index is 679. The minimum Gasteiger partial charge on any atom is -1.00 e. The van der Waals surface area contributed by atoms with Gasteiger partial charge in [0.05, 0.1) is 0 Å². The number of nitrogens with zero attached hydrogens (tertiary/aromatic N) is 3. The first-order valence-corrected chi connectivity index (χ1v) is 9.30. The summed E-state index contributed by atoms with van der Waals surface area (Å²) < 4.78 is 0. The molecule has 0 bridgehead atoms. The van der Waals surface area contributed by atoms with E-state index in [1.165, 1.54) is 36.1 Å². The molecule has 0 aromatic carbocycles. The molecule has 28 heavy (non-hydrogen) atoms. The third-order valence-electron chi connectivity index (χ3n) is 4.67. The van der Waals surface area contributed by atoms with Crippen LogP contribution in [0.2, 0.25) is 0 Å². The Morgan fingerprint density at radius 3 is 1.96 bits per heavy atom. The number of aliphatic hydroxyl groups excluding tert-OH is 1. The van der Waals surface area contributed by atoms with Crippen LogP contribution in [0, 0.1) is 0 Å². The predicted molar refractivity (Wildman–Crippen MR) is 113 cm³/mol. The Hall–Kier alpha value is -1.05. The third kappa shape index (κ3) is 8.54. The van der Waals surface area contributed by atoms with Gasteiger partial charge in [0, 0.05) is 64.1 Å². The number of rotatable bonds is 2. The van der Waals surface area contributed by atoms with Crippen LogP contribution in [0.4, 0.5) is 0 Å². The monoisotopic (exact) mass is 389 g/mol. The molecule has 7 heteroatoms. The van der Waals surface area contributed by atoms with Crippen LogP contribution in [0.25, 0.3) is 0 Å². The van der Waals surface area contributed by atoms with Crippen molar-refractivity contribution in [2.75, 3.05) is 7.11 Å². The molecule has 4 heterocycles. The number of aliphatic imine (C=N–C) groups is 1. The van der Waals surface area contributed by atoms with Gasteiger partial charge in [-0.05, 0) is 74.9 Å². The molecule has 1 saturated heterocycles. The van der Waals surface area contributed by atoms with Gasteiger partial charge in [-0.25, -0.2) is 0 Å². The van der Waals surface area contributed by atoms with Gasteiger partial charge in [-0.1, -0.05) is 0 Å². The number of hydrogen-bond donors (Lipinski definition) is 2. The molecule has 145 valence electrons. The smallest absolute Gasteiger partial charge is 1.00 e. The zero-order valence-electron chi connectivity index (χ0n) is 18.5. The summed E-state index contributed by atoms with van der Waals surface area (Å²) in [5.74, 6) is 0. The molecule has 0 aliphatic carbocycles. The van der Waals surface area contributed by atoms with Crippen molar-refractivity contribution in [3.05, 3.63) is 60.2 Å². The van der Waals surface area contributed by atoms with Gasteiger partial charge >= 0.3 is 29.6 Å². The quantitative estimate of drug-likeness (QED) is 0.725. The van der Waals surface area contributed by atoms with E-state index in [1.54, 1.807) is 0 Å². The summed E-state index contributed by atoms with van der Waals surface area (Å²) in [5.41, 5.74) is 3.84. The van der Waals surface area contributed by atoms with E-state index in [2.05, 4.69) is 46.3 Å². The van der Waals surface area contributed by atoms with E-state index < -0.39 is 0 Å². The van der Waals surface area contributed by atoms with Gasteiger partial charge in [0.2, 0.25) is 0 Å². The van der Waals surface area contributed by atoms with E-state index in [9.17, 15) is 0 Å². The fourth-order valence-electron chi connectivity index (χ4n) is 3.29. The van der Waals surface area contributed by atoms with Crippen LogP contribution in [-0.2, 0) is 0 Å². The molecule has 4 rings (SSSR count). The van der Waals surface area contributed by atoms with Crippen LogP contribution in [0.1, 0.15) is 58.1 Å². The van der Waals surface area contributed by atoms with Crippen molar-refractivity contribution in [1.82, 2.24) is 15.3 Å². The maximum absolute atomic E-state index is 7.00. The zero-order valence-corrected chi connectivity index (χ0v) is 19.5. The third-order valence-corrected chi connectivity index (χ3v) is 4.67. The fraction of sp³-hybridized carbons (Fsp3) is 0.476. The average molecular weight is 389 g/mol. The van der Waals surface area contributed by atoms with Crippen molar-refractivity contribution in [2.24, 2.45) is 4.99 Å². The summed E-state index contributed by atoms with van der Waals surface area (Å²) in [7, 11) is 1.00. The van der Waals surface area contributed by atoms with E-state index in [0.717, 1.165) is 13.5 Å². The van der Waals surface area contributed by atoms with Gasteiger partial charge in [0.1, 0.15) is 0 Å². The average Bonchev–Trinajstić information content (AvgIpc) is 3.34. The standard InChI is InChI=1S/C10H14N2.C10H12N2.CH4O.B.Na.H/c2*1-8-2-3-10(12-8)9-4-6-11-7-5-9;1-2;;;/h4-8,10,12H,2-3H2,1H3;4-8H,2-3H2,1H3;2H,1H3;;;/q;;;;+1;-1/t8-,10?;8-;;;;/m00..../s1. The molecule has 2 aliphatic rings. The van der Waals surface area contributed by atoms with Crippen LogP contribution in [0.3, 0.4) is 0 Å². The van der Waals surface area contributed by atoms with Crippen molar-refractivity contribution in [3.8, 4) is 0 Å². The molecule has 5 nitrogen and oxygen atoms in total. The van der Waals surface area contributed by atoms with Crippen LogP contribution in [-0.4, -0.2) is 48.4 Å². The first-order chi connectivity index (χ1) is 12.7. The summed E-state index contributed by atoms with van der Waals surface area (Å²) in [5, 5.41) is 10.5. The molecule has 2 aliphatic heterocycles. The van der Waals surface area contributed by atoms with Crippen molar-refractivity contribution in [2.45, 2.75) is 57.7 Å². The largest absolute Gasteiger partial charge is 1.00 e. The Morgan fingerprint density at radius 1 is 0.929 bits per heavy atom. The first-order valence-electron chi connectivity index (χ1n) is 9.30. The molecular formula is C21H31BN4NaO. The van der Waals surface area contributed by atoms with Gasteiger partial charge in [-0.3, -0.25) is 15.0 Å². The molecule has 2 aromatic rings. The SMILES string of the molecule is CO.C[C@H]1CCC(c2ccncc2)=N1.C[C@H]1CCC(c2ccncc2)N1.[B].[H-].[Na+]. The normalized spacial score (nSPS) is 22.3. The number of nitrogens with one attached hydrogen (secondary N) is 1. The number of aromatic nitrogens is 2. The van der Waals surface area contributed by atoms with Crippen LogP contribution in [0.15, 0.2) is 54.0 Å². The van der Waals surface area contributed by atoms with Gasteiger partial charge < -0.3 is 11.8 Å². The summed E-state index contributed by atoms with van der Waals surface area (Å²) in [6.45, 7) is 4.40. The number of aliphatic hydroxyl groups is 1. The molecule has 2 aromatic heterocycles. The van der Waals surface area contributed by atoms with Gasteiger partial charge in [0.25, 0.3) is 0 Å². The topological polar surface area (TPSA) is 70.4 Å². The summed E-state index contributed by atoms with van der Waals surface area (Å²) in [4.78, 5) is 12.5. The molecule has 1 unspecified atom stereocenters. The minimum absolute atomic E-state index is 0.